The Hall–Kier alpha value is -0.0800. The first-order chi connectivity index (χ1) is 9.31. The molecule has 2 heteroatoms. The van der Waals surface area contributed by atoms with Crippen molar-refractivity contribution in [2.24, 2.45) is 5.41 Å². The van der Waals surface area contributed by atoms with Crippen LogP contribution in [0.5, 0.6) is 0 Å². The molecule has 1 unspecified atom stereocenters. The molecule has 1 saturated heterocycles. The van der Waals surface area contributed by atoms with E-state index in [0.717, 1.165) is 12.1 Å². The molecule has 1 heterocycles. The van der Waals surface area contributed by atoms with Crippen LogP contribution in [-0.2, 0) is 0 Å². The highest BCUT2D eigenvalue weighted by Crippen LogP contribution is 2.39. The van der Waals surface area contributed by atoms with E-state index in [2.05, 4.69) is 17.1 Å². The lowest BCUT2D eigenvalue weighted by Gasteiger charge is -2.42. The molecule has 1 N–H and O–H groups in total. The minimum atomic E-state index is 0.610. The van der Waals surface area contributed by atoms with Gasteiger partial charge in [-0.2, -0.15) is 0 Å². The van der Waals surface area contributed by atoms with Gasteiger partial charge < -0.3 is 5.32 Å². The van der Waals surface area contributed by atoms with E-state index in [1.54, 1.807) is 0 Å². The van der Waals surface area contributed by atoms with Gasteiger partial charge in [-0.1, -0.05) is 26.2 Å². The second kappa shape index (κ2) is 6.13. The Morgan fingerprint density at radius 1 is 1.05 bits per heavy atom. The van der Waals surface area contributed by atoms with Crippen molar-refractivity contribution in [2.45, 2.75) is 83.2 Å². The van der Waals surface area contributed by atoms with Gasteiger partial charge in [0.25, 0.3) is 0 Å². The Balaban J connectivity index is 1.60. The van der Waals surface area contributed by atoms with Gasteiger partial charge >= 0.3 is 0 Å². The Kier molecular flexibility index (Phi) is 4.48. The van der Waals surface area contributed by atoms with Crippen molar-refractivity contribution in [2.75, 3.05) is 19.6 Å². The van der Waals surface area contributed by atoms with Crippen LogP contribution in [0.25, 0.3) is 0 Å². The molecule has 3 rings (SSSR count). The summed E-state index contributed by atoms with van der Waals surface area (Å²) >= 11 is 0. The molecule has 0 aromatic heterocycles. The summed E-state index contributed by atoms with van der Waals surface area (Å²) in [5, 5.41) is 3.85. The van der Waals surface area contributed by atoms with Gasteiger partial charge in [-0.15, -0.1) is 0 Å². The number of likely N-dealkylation sites (tertiary alicyclic amines) is 1. The van der Waals surface area contributed by atoms with Crippen molar-refractivity contribution >= 4 is 0 Å². The maximum Gasteiger partial charge on any atom is 0.00933 e. The smallest absolute Gasteiger partial charge is 0.00933 e. The molecule has 0 aromatic rings. The van der Waals surface area contributed by atoms with Crippen LogP contribution in [0.1, 0.15) is 71.1 Å². The van der Waals surface area contributed by atoms with E-state index in [9.17, 15) is 0 Å². The lowest BCUT2D eigenvalue weighted by Crippen LogP contribution is -2.47. The molecule has 3 aliphatic rings. The van der Waals surface area contributed by atoms with E-state index in [1.165, 1.54) is 83.8 Å². The van der Waals surface area contributed by atoms with Crippen molar-refractivity contribution in [3.05, 3.63) is 0 Å². The van der Waals surface area contributed by atoms with Gasteiger partial charge in [-0.05, 0) is 56.9 Å². The third-order valence-electron chi connectivity index (χ3n) is 5.77. The van der Waals surface area contributed by atoms with E-state index in [0.29, 0.717) is 5.41 Å². The Morgan fingerprint density at radius 2 is 1.84 bits per heavy atom. The SMILES string of the molecule is CCC1CCCN1CC1(CNC2CC2)CCCCC1. The van der Waals surface area contributed by atoms with E-state index in [-0.39, 0.29) is 0 Å². The molecule has 2 nitrogen and oxygen atoms in total. The molecule has 2 saturated carbocycles. The Morgan fingerprint density at radius 3 is 2.53 bits per heavy atom. The number of nitrogens with zero attached hydrogens (tertiary/aromatic N) is 1. The van der Waals surface area contributed by atoms with Crippen molar-refractivity contribution in [3.8, 4) is 0 Å². The molecule has 3 fully saturated rings. The molecule has 19 heavy (non-hydrogen) atoms. The molecule has 2 aliphatic carbocycles. The zero-order valence-electron chi connectivity index (χ0n) is 12.8. The van der Waals surface area contributed by atoms with Crippen LogP contribution in [0, 0.1) is 5.41 Å². The summed E-state index contributed by atoms with van der Waals surface area (Å²) in [6.45, 7) is 6.42. The molecule has 0 bridgehead atoms. The topological polar surface area (TPSA) is 15.3 Å². The van der Waals surface area contributed by atoms with E-state index >= 15 is 0 Å². The first kappa shape index (κ1) is 13.9. The molecule has 1 atom stereocenters. The third kappa shape index (κ3) is 3.52. The molecule has 1 aliphatic heterocycles. The van der Waals surface area contributed by atoms with Crippen molar-refractivity contribution < 1.29 is 0 Å². The van der Waals surface area contributed by atoms with Gasteiger partial charge in [-0.3, -0.25) is 4.90 Å². The summed E-state index contributed by atoms with van der Waals surface area (Å²) in [6, 6.07) is 1.76. The van der Waals surface area contributed by atoms with Gasteiger partial charge in [-0.25, -0.2) is 0 Å². The fourth-order valence-corrected chi connectivity index (χ4v) is 4.34. The minimum absolute atomic E-state index is 0.610. The highest BCUT2D eigenvalue weighted by Gasteiger charge is 2.37. The predicted molar refractivity (Wildman–Crippen MR) is 81.4 cm³/mol. The second-order valence-corrected chi connectivity index (χ2v) is 7.39. The average Bonchev–Trinajstić information content (AvgIpc) is 3.17. The maximum absolute atomic E-state index is 3.85. The zero-order valence-corrected chi connectivity index (χ0v) is 12.8. The molecule has 0 amide bonds. The summed E-state index contributed by atoms with van der Waals surface area (Å²) in [4.78, 5) is 2.83. The van der Waals surface area contributed by atoms with Gasteiger partial charge in [0.05, 0.1) is 0 Å². The average molecular weight is 264 g/mol. The zero-order chi connectivity index (χ0) is 13.1. The molecule has 110 valence electrons. The van der Waals surface area contributed by atoms with Crippen LogP contribution in [-0.4, -0.2) is 36.6 Å². The van der Waals surface area contributed by atoms with Crippen LogP contribution in [0.3, 0.4) is 0 Å². The predicted octanol–water partition coefficient (Wildman–Crippen LogP) is 3.56. The second-order valence-electron chi connectivity index (χ2n) is 7.39. The van der Waals surface area contributed by atoms with E-state index < -0.39 is 0 Å². The van der Waals surface area contributed by atoms with Gasteiger partial charge in [0.15, 0.2) is 0 Å². The largest absolute Gasteiger partial charge is 0.313 e. The molecular weight excluding hydrogens is 232 g/mol. The summed E-state index contributed by atoms with van der Waals surface area (Å²) in [7, 11) is 0. The van der Waals surface area contributed by atoms with Crippen molar-refractivity contribution in [1.82, 2.24) is 10.2 Å². The highest BCUT2D eigenvalue weighted by atomic mass is 15.2. The van der Waals surface area contributed by atoms with Gasteiger partial charge in [0.1, 0.15) is 0 Å². The fraction of sp³-hybridized carbons (Fsp3) is 1.00. The van der Waals surface area contributed by atoms with Gasteiger partial charge in [0.2, 0.25) is 0 Å². The van der Waals surface area contributed by atoms with Crippen LogP contribution >= 0.6 is 0 Å². The maximum atomic E-state index is 3.85. The van der Waals surface area contributed by atoms with Crippen molar-refractivity contribution in [3.63, 3.8) is 0 Å². The van der Waals surface area contributed by atoms with Crippen LogP contribution in [0.4, 0.5) is 0 Å². The first-order valence-electron chi connectivity index (χ1n) is 8.79. The normalized spacial score (nSPS) is 31.7. The summed E-state index contributed by atoms with van der Waals surface area (Å²) in [5.41, 5.74) is 0.610. The Bertz CT molecular complexity index is 279. The van der Waals surface area contributed by atoms with E-state index in [4.69, 9.17) is 0 Å². The molecule has 0 spiro atoms. The number of nitrogens with one attached hydrogen (secondary N) is 1. The summed E-state index contributed by atoms with van der Waals surface area (Å²) in [5.74, 6) is 0. The highest BCUT2D eigenvalue weighted by molar-refractivity contribution is 4.93. The lowest BCUT2D eigenvalue weighted by molar-refractivity contribution is 0.0930. The fourth-order valence-electron chi connectivity index (χ4n) is 4.34. The monoisotopic (exact) mass is 264 g/mol. The summed E-state index contributed by atoms with van der Waals surface area (Å²) in [6.07, 6.45) is 14.4. The van der Waals surface area contributed by atoms with E-state index in [1.807, 2.05) is 0 Å². The minimum Gasteiger partial charge on any atom is -0.313 e. The van der Waals surface area contributed by atoms with Crippen LogP contribution in [0.2, 0.25) is 0 Å². The molecule has 0 aromatic carbocycles. The lowest BCUT2D eigenvalue weighted by atomic mass is 9.73. The van der Waals surface area contributed by atoms with Crippen molar-refractivity contribution in [1.29, 1.82) is 0 Å². The standard InChI is InChI=1S/C17H32N2/c1-2-16-7-6-12-19(16)14-17(10-4-3-5-11-17)13-18-15-8-9-15/h15-16,18H,2-14H2,1H3. The van der Waals surface area contributed by atoms with Crippen LogP contribution < -0.4 is 5.32 Å². The number of hydrogen-bond acceptors (Lipinski definition) is 2. The van der Waals surface area contributed by atoms with Gasteiger partial charge in [0, 0.05) is 25.2 Å². The summed E-state index contributed by atoms with van der Waals surface area (Å²) < 4.78 is 0. The quantitative estimate of drug-likeness (QED) is 0.789. The number of hydrogen-bond donors (Lipinski definition) is 1. The Labute approximate surface area is 119 Å². The third-order valence-corrected chi connectivity index (χ3v) is 5.77. The number of rotatable bonds is 6. The van der Waals surface area contributed by atoms with Crippen LogP contribution in [0.15, 0.2) is 0 Å². The first-order valence-corrected chi connectivity index (χ1v) is 8.79. The molecular formula is C17H32N2. The molecule has 0 radical (unpaired) electrons.